The standard InChI is InChI=1S/C34H36ClN3O5S/c1-4-36-34(40)32(21-26-12-7-5-8-13-26)37(23-27-14-11-15-29(20-27)43-3)33(39)24-38(28-19-18-25(2)31(35)22-28)44(41,42)30-16-9-6-10-17-30/h5-20,22,32H,4,21,23-24H2,1-3H3,(H,36,40)/t32-/m1/s1. The van der Waals surface area contributed by atoms with Gasteiger partial charge in [0.2, 0.25) is 11.8 Å². The van der Waals surface area contributed by atoms with Crippen LogP contribution >= 0.6 is 11.6 Å². The van der Waals surface area contributed by atoms with Gasteiger partial charge in [-0.1, -0.05) is 78.3 Å². The summed E-state index contributed by atoms with van der Waals surface area (Å²) in [7, 11) is -2.65. The fourth-order valence-electron chi connectivity index (χ4n) is 4.80. The largest absolute Gasteiger partial charge is 0.497 e. The highest BCUT2D eigenvalue weighted by Gasteiger charge is 2.34. The van der Waals surface area contributed by atoms with E-state index in [1.165, 1.54) is 23.1 Å². The van der Waals surface area contributed by atoms with Crippen molar-refractivity contribution >= 4 is 39.1 Å². The molecule has 0 unspecified atom stereocenters. The van der Waals surface area contributed by atoms with E-state index in [-0.39, 0.29) is 29.5 Å². The minimum absolute atomic E-state index is 0.0217. The second kappa shape index (κ2) is 14.9. The Labute approximate surface area is 264 Å². The summed E-state index contributed by atoms with van der Waals surface area (Å²) in [6, 6.07) is 28.4. The van der Waals surface area contributed by atoms with Gasteiger partial charge in [0.15, 0.2) is 0 Å². The molecule has 8 nitrogen and oxygen atoms in total. The van der Waals surface area contributed by atoms with Crippen molar-refractivity contribution in [3.05, 3.63) is 125 Å². The molecule has 4 rings (SSSR count). The molecule has 0 bridgehead atoms. The number of likely N-dealkylation sites (N-methyl/N-ethyl adjacent to an activating group) is 1. The van der Waals surface area contributed by atoms with Crippen LogP contribution in [0, 0.1) is 6.92 Å². The average Bonchev–Trinajstić information content (AvgIpc) is 3.03. The van der Waals surface area contributed by atoms with Crippen LogP contribution < -0.4 is 14.4 Å². The van der Waals surface area contributed by atoms with Gasteiger partial charge in [0.25, 0.3) is 10.0 Å². The summed E-state index contributed by atoms with van der Waals surface area (Å²) in [6.45, 7) is 3.45. The molecule has 4 aromatic carbocycles. The van der Waals surface area contributed by atoms with E-state index in [4.69, 9.17) is 16.3 Å². The molecule has 0 aliphatic carbocycles. The molecule has 0 spiro atoms. The quantitative estimate of drug-likeness (QED) is 0.206. The van der Waals surface area contributed by atoms with Crippen molar-refractivity contribution in [3.8, 4) is 5.75 Å². The topological polar surface area (TPSA) is 96.0 Å². The Morgan fingerprint density at radius 1 is 0.886 bits per heavy atom. The van der Waals surface area contributed by atoms with E-state index in [1.54, 1.807) is 62.6 Å². The summed E-state index contributed by atoms with van der Waals surface area (Å²) in [5.74, 6) is -0.310. The minimum atomic E-state index is -4.20. The molecule has 0 heterocycles. The maximum absolute atomic E-state index is 14.4. The van der Waals surface area contributed by atoms with E-state index in [2.05, 4.69) is 5.32 Å². The summed E-state index contributed by atoms with van der Waals surface area (Å²) < 4.78 is 34.5. The summed E-state index contributed by atoms with van der Waals surface area (Å²) in [4.78, 5) is 29.5. The van der Waals surface area contributed by atoms with Crippen LogP contribution in [-0.4, -0.2) is 51.4 Å². The molecule has 2 amide bonds. The normalized spacial score (nSPS) is 11.8. The molecule has 4 aromatic rings. The van der Waals surface area contributed by atoms with Gasteiger partial charge in [-0.25, -0.2) is 8.42 Å². The number of halogens is 1. The van der Waals surface area contributed by atoms with Crippen LogP contribution in [0.2, 0.25) is 5.02 Å². The van der Waals surface area contributed by atoms with Crippen molar-refractivity contribution in [3.63, 3.8) is 0 Å². The SMILES string of the molecule is CCNC(=O)[C@@H](Cc1ccccc1)N(Cc1cccc(OC)c1)C(=O)CN(c1ccc(C)c(Cl)c1)S(=O)(=O)c1ccccc1. The number of methoxy groups -OCH3 is 1. The first-order valence-corrected chi connectivity index (χ1v) is 16.0. The van der Waals surface area contributed by atoms with E-state index < -0.39 is 28.5 Å². The van der Waals surface area contributed by atoms with Gasteiger partial charge in [-0.3, -0.25) is 13.9 Å². The number of aryl methyl sites for hydroxylation is 1. The minimum Gasteiger partial charge on any atom is -0.497 e. The van der Waals surface area contributed by atoms with Crippen LogP contribution in [-0.2, 0) is 32.6 Å². The third-order valence-corrected chi connectivity index (χ3v) is 9.36. The number of sulfonamides is 1. The molecule has 0 aromatic heterocycles. The van der Waals surface area contributed by atoms with Crippen molar-refractivity contribution < 1.29 is 22.7 Å². The Morgan fingerprint density at radius 3 is 2.18 bits per heavy atom. The van der Waals surface area contributed by atoms with Crippen LogP contribution in [0.3, 0.4) is 0 Å². The molecule has 1 atom stereocenters. The number of rotatable bonds is 13. The Morgan fingerprint density at radius 2 is 1.55 bits per heavy atom. The molecule has 0 saturated heterocycles. The number of anilines is 1. The van der Waals surface area contributed by atoms with Crippen LogP contribution in [0.1, 0.15) is 23.6 Å². The van der Waals surface area contributed by atoms with Crippen LogP contribution in [0.4, 0.5) is 5.69 Å². The second-order valence-electron chi connectivity index (χ2n) is 10.2. The zero-order valence-corrected chi connectivity index (χ0v) is 26.5. The summed E-state index contributed by atoms with van der Waals surface area (Å²) >= 11 is 6.42. The molecule has 0 aliphatic heterocycles. The van der Waals surface area contributed by atoms with Gasteiger partial charge in [0.1, 0.15) is 18.3 Å². The number of ether oxygens (including phenoxy) is 1. The lowest BCUT2D eigenvalue weighted by Gasteiger charge is -2.34. The highest BCUT2D eigenvalue weighted by Crippen LogP contribution is 2.29. The molecular weight excluding hydrogens is 598 g/mol. The van der Waals surface area contributed by atoms with Crippen LogP contribution in [0.15, 0.2) is 108 Å². The van der Waals surface area contributed by atoms with Crippen molar-refractivity contribution in [1.82, 2.24) is 10.2 Å². The number of carbonyl (C=O) groups is 2. The van der Waals surface area contributed by atoms with E-state index in [0.29, 0.717) is 17.3 Å². The zero-order chi connectivity index (χ0) is 31.7. The van der Waals surface area contributed by atoms with Crippen molar-refractivity contribution in [2.45, 2.75) is 37.8 Å². The van der Waals surface area contributed by atoms with Gasteiger partial charge >= 0.3 is 0 Å². The highest BCUT2D eigenvalue weighted by atomic mass is 35.5. The first-order chi connectivity index (χ1) is 21.1. The number of hydrogen-bond donors (Lipinski definition) is 1. The number of benzene rings is 4. The van der Waals surface area contributed by atoms with E-state index in [0.717, 1.165) is 21.0 Å². The number of hydrogen-bond acceptors (Lipinski definition) is 5. The molecule has 1 N–H and O–H groups in total. The third-order valence-electron chi connectivity index (χ3n) is 7.16. The monoisotopic (exact) mass is 633 g/mol. The van der Waals surface area contributed by atoms with Crippen LogP contribution in [0.5, 0.6) is 5.75 Å². The van der Waals surface area contributed by atoms with E-state index in [9.17, 15) is 18.0 Å². The lowest BCUT2D eigenvalue weighted by atomic mass is 10.0. The van der Waals surface area contributed by atoms with Gasteiger partial charge in [-0.05, 0) is 66.9 Å². The van der Waals surface area contributed by atoms with Gasteiger partial charge in [-0.2, -0.15) is 0 Å². The Hall–Kier alpha value is -4.34. The smallest absolute Gasteiger partial charge is 0.264 e. The lowest BCUT2D eigenvalue weighted by molar-refractivity contribution is -0.140. The Kier molecular flexibility index (Phi) is 11.0. The Bertz CT molecular complexity index is 1680. The molecule has 0 aliphatic rings. The molecule has 10 heteroatoms. The first-order valence-electron chi connectivity index (χ1n) is 14.2. The maximum atomic E-state index is 14.4. The van der Waals surface area contributed by atoms with Gasteiger partial charge in [0.05, 0.1) is 17.7 Å². The summed E-state index contributed by atoms with van der Waals surface area (Å²) in [5, 5.41) is 3.22. The number of nitrogens with one attached hydrogen (secondary N) is 1. The zero-order valence-electron chi connectivity index (χ0n) is 24.9. The van der Waals surface area contributed by atoms with E-state index in [1.807, 2.05) is 43.3 Å². The summed E-state index contributed by atoms with van der Waals surface area (Å²) in [5.41, 5.74) is 2.57. The predicted octanol–water partition coefficient (Wildman–Crippen LogP) is 5.63. The molecule has 0 fully saturated rings. The van der Waals surface area contributed by atoms with Crippen LogP contribution in [0.25, 0.3) is 0 Å². The highest BCUT2D eigenvalue weighted by molar-refractivity contribution is 7.92. The fraction of sp³-hybridized carbons (Fsp3) is 0.235. The second-order valence-corrected chi connectivity index (χ2v) is 12.5. The van der Waals surface area contributed by atoms with Crippen molar-refractivity contribution in [2.24, 2.45) is 0 Å². The Balaban J connectivity index is 1.81. The molecule has 44 heavy (non-hydrogen) atoms. The molecule has 0 saturated carbocycles. The molecule has 230 valence electrons. The lowest BCUT2D eigenvalue weighted by Crippen LogP contribution is -2.53. The fourth-order valence-corrected chi connectivity index (χ4v) is 6.40. The van der Waals surface area contributed by atoms with E-state index >= 15 is 0 Å². The predicted molar refractivity (Wildman–Crippen MR) is 173 cm³/mol. The summed E-state index contributed by atoms with van der Waals surface area (Å²) in [6.07, 6.45) is 0.226. The molecular formula is C34H36ClN3O5S. The van der Waals surface area contributed by atoms with Gasteiger partial charge < -0.3 is 15.0 Å². The number of amides is 2. The average molecular weight is 634 g/mol. The van der Waals surface area contributed by atoms with Gasteiger partial charge in [-0.15, -0.1) is 0 Å². The van der Waals surface area contributed by atoms with Gasteiger partial charge in [0, 0.05) is 24.5 Å². The van der Waals surface area contributed by atoms with Crippen molar-refractivity contribution in [2.75, 3.05) is 24.5 Å². The number of carbonyl (C=O) groups excluding carboxylic acids is 2. The number of nitrogens with zero attached hydrogens (tertiary/aromatic N) is 2. The molecule has 0 radical (unpaired) electrons. The third kappa shape index (κ3) is 7.98. The maximum Gasteiger partial charge on any atom is 0.264 e. The van der Waals surface area contributed by atoms with Crippen molar-refractivity contribution in [1.29, 1.82) is 0 Å². The first kappa shape index (κ1) is 32.6.